The molecule has 0 saturated heterocycles. The van der Waals surface area contributed by atoms with Gasteiger partial charge in [-0.05, 0) is 68.1 Å². The van der Waals surface area contributed by atoms with Crippen molar-refractivity contribution in [3.63, 3.8) is 0 Å². The molecule has 1 fully saturated rings. The first-order valence-corrected chi connectivity index (χ1v) is 10.1. The number of nitrogens with zero attached hydrogens (tertiary/aromatic N) is 2. The molecule has 3 rings (SSSR count). The third-order valence-corrected chi connectivity index (χ3v) is 5.87. The Morgan fingerprint density at radius 3 is 2.34 bits per heavy atom. The summed E-state index contributed by atoms with van der Waals surface area (Å²) in [5.41, 5.74) is 5.53. The molecule has 2 aromatic rings. The van der Waals surface area contributed by atoms with Gasteiger partial charge >= 0.3 is 0 Å². The predicted octanol–water partition coefficient (Wildman–Crippen LogP) is 3.78. The van der Waals surface area contributed by atoms with Gasteiger partial charge in [0.1, 0.15) is 11.7 Å². The number of hydrogen-bond donors (Lipinski definition) is 0. The fraction of sp³-hybridized carbons (Fsp3) is 0.417. The average Bonchev–Trinajstić information content (AvgIpc) is 2.95. The minimum Gasteiger partial charge on any atom is -0.346 e. The molecule has 0 N–H and O–H groups in total. The van der Waals surface area contributed by atoms with E-state index in [-0.39, 0.29) is 30.3 Å². The predicted molar refractivity (Wildman–Crippen MR) is 113 cm³/mol. The number of pyridine rings is 1. The zero-order valence-electron chi connectivity index (χ0n) is 17.8. The van der Waals surface area contributed by atoms with Crippen LogP contribution < -0.4 is 0 Å². The van der Waals surface area contributed by atoms with Crippen molar-refractivity contribution in [1.82, 2.24) is 9.88 Å². The van der Waals surface area contributed by atoms with E-state index >= 15 is 0 Å². The van der Waals surface area contributed by atoms with Gasteiger partial charge in [-0.25, -0.2) is 0 Å². The second-order valence-electron chi connectivity index (χ2n) is 8.06. The van der Waals surface area contributed by atoms with Crippen LogP contribution in [0.2, 0.25) is 0 Å². The lowest BCUT2D eigenvalue weighted by Crippen LogP contribution is -2.29. The SMILES string of the molecule is CCN(C)C(=O)CC1CC(=O)C(c2c(C)cc(-c3ccc(C)cn3)cc2C)C1=O. The first-order valence-electron chi connectivity index (χ1n) is 10.1. The molecule has 1 aliphatic carbocycles. The number of carbonyl (C=O) groups excluding carboxylic acids is 3. The van der Waals surface area contributed by atoms with E-state index in [9.17, 15) is 14.4 Å². The number of Topliss-reactive ketones (excluding diaryl/α,β-unsaturated/α-hetero) is 2. The highest BCUT2D eigenvalue weighted by molar-refractivity contribution is 6.15. The zero-order chi connectivity index (χ0) is 21.3. The van der Waals surface area contributed by atoms with E-state index in [1.54, 1.807) is 11.9 Å². The molecule has 0 radical (unpaired) electrons. The Kier molecular flexibility index (Phi) is 5.96. The van der Waals surface area contributed by atoms with Crippen molar-refractivity contribution in [1.29, 1.82) is 0 Å². The van der Waals surface area contributed by atoms with Gasteiger partial charge in [0.05, 0.1) is 5.69 Å². The second-order valence-corrected chi connectivity index (χ2v) is 8.06. The highest BCUT2D eigenvalue weighted by atomic mass is 16.2. The lowest BCUT2D eigenvalue weighted by Gasteiger charge is -2.18. The Labute approximate surface area is 172 Å². The van der Waals surface area contributed by atoms with Crippen LogP contribution >= 0.6 is 0 Å². The van der Waals surface area contributed by atoms with Crippen LogP contribution in [0.25, 0.3) is 11.3 Å². The molecule has 1 amide bonds. The first-order chi connectivity index (χ1) is 13.7. The number of ketones is 2. The molecule has 152 valence electrons. The third kappa shape index (κ3) is 4.14. The Balaban J connectivity index is 1.90. The second kappa shape index (κ2) is 8.27. The molecule has 1 heterocycles. The normalized spacial score (nSPS) is 18.9. The summed E-state index contributed by atoms with van der Waals surface area (Å²) < 4.78 is 0. The summed E-state index contributed by atoms with van der Waals surface area (Å²) in [4.78, 5) is 44.1. The summed E-state index contributed by atoms with van der Waals surface area (Å²) in [5, 5.41) is 0. The van der Waals surface area contributed by atoms with Gasteiger partial charge in [0.25, 0.3) is 0 Å². The smallest absolute Gasteiger partial charge is 0.223 e. The van der Waals surface area contributed by atoms with Crippen LogP contribution in [0.5, 0.6) is 0 Å². The van der Waals surface area contributed by atoms with Gasteiger partial charge in [-0.3, -0.25) is 19.4 Å². The van der Waals surface area contributed by atoms with Gasteiger partial charge in [-0.1, -0.05) is 6.07 Å². The molecule has 1 saturated carbocycles. The number of aromatic nitrogens is 1. The van der Waals surface area contributed by atoms with Crippen LogP contribution in [-0.4, -0.2) is 40.9 Å². The monoisotopic (exact) mass is 392 g/mol. The van der Waals surface area contributed by atoms with Crippen molar-refractivity contribution in [2.75, 3.05) is 13.6 Å². The molecule has 1 aromatic heterocycles. The van der Waals surface area contributed by atoms with Crippen molar-refractivity contribution >= 4 is 17.5 Å². The number of hydrogen-bond acceptors (Lipinski definition) is 4. The van der Waals surface area contributed by atoms with Gasteiger partial charge in [0, 0.05) is 44.1 Å². The number of rotatable bonds is 5. The van der Waals surface area contributed by atoms with Crippen LogP contribution in [0, 0.1) is 26.7 Å². The van der Waals surface area contributed by atoms with Crippen LogP contribution in [0.3, 0.4) is 0 Å². The molecule has 1 aliphatic rings. The Hall–Kier alpha value is -2.82. The maximum Gasteiger partial charge on any atom is 0.223 e. The van der Waals surface area contributed by atoms with Crippen molar-refractivity contribution in [3.8, 4) is 11.3 Å². The quantitative estimate of drug-likeness (QED) is 0.726. The van der Waals surface area contributed by atoms with Crippen LogP contribution in [0.4, 0.5) is 0 Å². The molecule has 5 nitrogen and oxygen atoms in total. The molecule has 1 aromatic carbocycles. The molecule has 0 spiro atoms. The van der Waals surface area contributed by atoms with Crippen LogP contribution in [-0.2, 0) is 14.4 Å². The summed E-state index contributed by atoms with van der Waals surface area (Å²) in [6.07, 6.45) is 2.08. The van der Waals surface area contributed by atoms with E-state index in [0.29, 0.717) is 6.54 Å². The van der Waals surface area contributed by atoms with Crippen LogP contribution in [0.1, 0.15) is 47.9 Å². The Bertz CT molecular complexity index is 940. The molecule has 2 atom stereocenters. The van der Waals surface area contributed by atoms with Crippen molar-refractivity contribution in [3.05, 3.63) is 52.7 Å². The molecule has 29 heavy (non-hydrogen) atoms. The van der Waals surface area contributed by atoms with Crippen molar-refractivity contribution in [2.45, 2.75) is 46.5 Å². The van der Waals surface area contributed by atoms with Gasteiger partial charge in [-0.15, -0.1) is 0 Å². The topological polar surface area (TPSA) is 67.3 Å². The minimum atomic E-state index is -0.764. The molecule has 0 aliphatic heterocycles. The van der Waals surface area contributed by atoms with Gasteiger partial charge < -0.3 is 4.90 Å². The standard InChI is InChI=1S/C24H28N2O3/c1-6-26(5)21(28)12-18-11-20(27)23(24(18)29)22-15(3)9-17(10-16(22)4)19-8-7-14(2)13-25-19/h7-10,13,18,23H,6,11-12H2,1-5H3. The Morgan fingerprint density at radius 2 is 1.79 bits per heavy atom. The first kappa shape index (κ1) is 20.9. The van der Waals surface area contributed by atoms with E-state index in [1.165, 1.54) is 0 Å². The number of aryl methyl sites for hydroxylation is 3. The van der Waals surface area contributed by atoms with E-state index in [0.717, 1.165) is 33.5 Å². The molecular weight excluding hydrogens is 364 g/mol. The van der Waals surface area contributed by atoms with E-state index in [4.69, 9.17) is 0 Å². The highest BCUT2D eigenvalue weighted by Gasteiger charge is 2.44. The summed E-state index contributed by atoms with van der Waals surface area (Å²) in [6, 6.07) is 7.97. The minimum absolute atomic E-state index is 0.0839. The average molecular weight is 392 g/mol. The molecule has 0 bridgehead atoms. The summed E-state index contributed by atoms with van der Waals surface area (Å²) in [6.45, 7) is 8.34. The van der Waals surface area contributed by atoms with Gasteiger partial charge in [0.15, 0.2) is 5.78 Å². The zero-order valence-corrected chi connectivity index (χ0v) is 17.8. The van der Waals surface area contributed by atoms with Crippen molar-refractivity contribution < 1.29 is 14.4 Å². The number of carbonyl (C=O) groups is 3. The summed E-state index contributed by atoms with van der Waals surface area (Å²) in [7, 11) is 1.72. The lowest BCUT2D eigenvalue weighted by molar-refractivity contribution is -0.133. The lowest BCUT2D eigenvalue weighted by atomic mass is 9.85. The summed E-state index contributed by atoms with van der Waals surface area (Å²) >= 11 is 0. The van der Waals surface area contributed by atoms with E-state index < -0.39 is 11.8 Å². The van der Waals surface area contributed by atoms with E-state index in [1.807, 2.05) is 58.2 Å². The largest absolute Gasteiger partial charge is 0.346 e. The van der Waals surface area contributed by atoms with Gasteiger partial charge in [0.2, 0.25) is 5.91 Å². The van der Waals surface area contributed by atoms with Gasteiger partial charge in [-0.2, -0.15) is 0 Å². The van der Waals surface area contributed by atoms with Crippen molar-refractivity contribution in [2.24, 2.45) is 5.92 Å². The maximum atomic E-state index is 13.1. The molecule has 2 unspecified atom stereocenters. The number of amides is 1. The number of benzene rings is 1. The van der Waals surface area contributed by atoms with Crippen LogP contribution in [0.15, 0.2) is 30.5 Å². The fourth-order valence-electron chi connectivity index (χ4n) is 4.09. The Morgan fingerprint density at radius 1 is 1.14 bits per heavy atom. The molecule has 5 heteroatoms. The maximum absolute atomic E-state index is 13.1. The van der Waals surface area contributed by atoms with E-state index in [2.05, 4.69) is 4.98 Å². The fourth-order valence-corrected chi connectivity index (χ4v) is 4.09. The molecular formula is C24H28N2O3. The highest BCUT2D eigenvalue weighted by Crippen LogP contribution is 2.38. The summed E-state index contributed by atoms with van der Waals surface area (Å²) in [5.74, 6) is -1.58. The third-order valence-electron chi connectivity index (χ3n) is 5.87.